The first-order valence-corrected chi connectivity index (χ1v) is 12.1. The number of aromatic amines is 1. The standard InChI is InChI=1S/C25H26N4O2S/c1-15(30)26-17-11-19-7-8-20(12-17)29(19)14-18-10-16-6-9-21(13-23(16)27-18)31-25-28-22-4-2-3-5-24(22)32-25/h2-6,9-10,13,17,19-20,27H,7-8,11-12,14H2,1H3,(H,26,30). The fourth-order valence-corrected chi connectivity index (χ4v) is 6.28. The molecule has 2 atom stereocenters. The number of carbonyl (C=O) groups is 1. The third kappa shape index (κ3) is 3.76. The van der Waals surface area contributed by atoms with Gasteiger partial charge in [-0.25, -0.2) is 4.98 Å². The second-order valence-corrected chi connectivity index (χ2v) is 10.0. The summed E-state index contributed by atoms with van der Waals surface area (Å²) >= 11 is 1.56. The summed E-state index contributed by atoms with van der Waals surface area (Å²) in [5.41, 5.74) is 3.28. The van der Waals surface area contributed by atoms with Gasteiger partial charge in [0.05, 0.1) is 10.2 Å². The van der Waals surface area contributed by atoms with Crippen molar-refractivity contribution >= 4 is 38.4 Å². The van der Waals surface area contributed by atoms with Crippen molar-refractivity contribution in [1.29, 1.82) is 0 Å². The van der Waals surface area contributed by atoms with Gasteiger partial charge in [0.25, 0.3) is 5.19 Å². The van der Waals surface area contributed by atoms with Crippen LogP contribution in [0.2, 0.25) is 0 Å². The number of ether oxygens (including phenoxy) is 1. The van der Waals surface area contributed by atoms with Crippen LogP contribution in [0, 0.1) is 0 Å². The molecular formula is C25H26N4O2S. The molecule has 2 fully saturated rings. The van der Waals surface area contributed by atoms with Crippen molar-refractivity contribution in [2.45, 2.75) is 57.3 Å². The number of hydrogen-bond acceptors (Lipinski definition) is 5. The smallest absolute Gasteiger partial charge is 0.279 e. The molecule has 2 N–H and O–H groups in total. The van der Waals surface area contributed by atoms with Crippen molar-refractivity contribution in [2.75, 3.05) is 0 Å². The Morgan fingerprint density at radius 1 is 1.19 bits per heavy atom. The number of benzene rings is 2. The lowest BCUT2D eigenvalue weighted by molar-refractivity contribution is -0.120. The van der Waals surface area contributed by atoms with Crippen molar-refractivity contribution in [1.82, 2.24) is 20.2 Å². The highest BCUT2D eigenvalue weighted by Crippen LogP contribution is 2.37. The zero-order valence-corrected chi connectivity index (χ0v) is 18.8. The van der Waals surface area contributed by atoms with Gasteiger partial charge in [-0.1, -0.05) is 23.5 Å². The lowest BCUT2D eigenvalue weighted by atomic mass is 9.97. The van der Waals surface area contributed by atoms with E-state index in [0.29, 0.717) is 23.3 Å². The van der Waals surface area contributed by atoms with Crippen molar-refractivity contribution in [3.8, 4) is 10.9 Å². The summed E-state index contributed by atoms with van der Waals surface area (Å²) in [5.74, 6) is 0.878. The summed E-state index contributed by atoms with van der Waals surface area (Å²) in [4.78, 5) is 22.3. The van der Waals surface area contributed by atoms with E-state index in [9.17, 15) is 4.79 Å². The molecule has 6 rings (SSSR count). The van der Waals surface area contributed by atoms with Gasteiger partial charge in [0, 0.05) is 48.9 Å². The molecule has 2 aromatic carbocycles. The molecule has 2 aromatic heterocycles. The number of carbonyl (C=O) groups excluding carboxylic acids is 1. The van der Waals surface area contributed by atoms with E-state index in [-0.39, 0.29) is 5.91 Å². The minimum atomic E-state index is 0.0855. The van der Waals surface area contributed by atoms with Crippen molar-refractivity contribution < 1.29 is 9.53 Å². The minimum Gasteiger partial charge on any atom is -0.431 e. The number of nitrogens with one attached hydrogen (secondary N) is 2. The van der Waals surface area contributed by atoms with E-state index in [1.54, 1.807) is 18.3 Å². The third-order valence-electron chi connectivity index (χ3n) is 6.77. The monoisotopic (exact) mass is 446 g/mol. The van der Waals surface area contributed by atoms with Crippen molar-refractivity contribution in [2.24, 2.45) is 0 Å². The highest BCUT2D eigenvalue weighted by molar-refractivity contribution is 7.20. The van der Waals surface area contributed by atoms with Gasteiger partial charge in [0.15, 0.2) is 0 Å². The van der Waals surface area contributed by atoms with Crippen LogP contribution in [0.5, 0.6) is 10.9 Å². The van der Waals surface area contributed by atoms with Crippen LogP contribution in [0.15, 0.2) is 48.5 Å². The quantitative estimate of drug-likeness (QED) is 0.442. The summed E-state index contributed by atoms with van der Waals surface area (Å²) in [5, 5.41) is 4.99. The Balaban J connectivity index is 1.17. The predicted molar refractivity (Wildman–Crippen MR) is 127 cm³/mol. The van der Waals surface area contributed by atoms with Crippen molar-refractivity contribution in [3.05, 3.63) is 54.2 Å². The van der Waals surface area contributed by atoms with Gasteiger partial charge in [0.2, 0.25) is 5.91 Å². The van der Waals surface area contributed by atoms with Gasteiger partial charge >= 0.3 is 0 Å². The molecule has 2 aliphatic heterocycles. The van der Waals surface area contributed by atoms with E-state index in [2.05, 4.69) is 44.5 Å². The molecule has 32 heavy (non-hydrogen) atoms. The van der Waals surface area contributed by atoms with Gasteiger partial charge in [-0.05, 0) is 61.4 Å². The summed E-state index contributed by atoms with van der Waals surface area (Å²) in [6, 6.07) is 17.9. The van der Waals surface area contributed by atoms with Gasteiger partial charge < -0.3 is 15.0 Å². The highest BCUT2D eigenvalue weighted by atomic mass is 32.1. The molecule has 0 spiro atoms. The van der Waals surface area contributed by atoms with Crippen LogP contribution in [-0.2, 0) is 11.3 Å². The third-order valence-corrected chi connectivity index (χ3v) is 7.69. The zero-order valence-electron chi connectivity index (χ0n) is 18.0. The largest absolute Gasteiger partial charge is 0.431 e. The van der Waals surface area contributed by atoms with Crippen LogP contribution in [0.4, 0.5) is 0 Å². The first kappa shape index (κ1) is 19.8. The van der Waals surface area contributed by atoms with E-state index < -0.39 is 0 Å². The van der Waals surface area contributed by atoms with Crippen LogP contribution < -0.4 is 10.1 Å². The van der Waals surface area contributed by atoms with E-state index in [0.717, 1.165) is 40.9 Å². The molecule has 2 aliphatic rings. The number of piperidine rings is 1. The van der Waals surface area contributed by atoms with E-state index in [1.807, 2.05) is 24.3 Å². The second kappa shape index (κ2) is 7.90. The van der Waals surface area contributed by atoms with E-state index >= 15 is 0 Å². The number of thiazole rings is 1. The average Bonchev–Trinajstić information content (AvgIpc) is 3.41. The molecule has 1 amide bonds. The van der Waals surface area contributed by atoms with Gasteiger partial charge in [-0.3, -0.25) is 9.69 Å². The summed E-state index contributed by atoms with van der Waals surface area (Å²) in [6.07, 6.45) is 4.55. The molecule has 6 nitrogen and oxygen atoms in total. The number of fused-ring (bicyclic) bond motifs is 4. The van der Waals surface area contributed by atoms with E-state index in [1.165, 1.54) is 23.9 Å². The molecule has 164 valence electrons. The lowest BCUT2D eigenvalue weighted by Gasteiger charge is -2.38. The summed E-state index contributed by atoms with van der Waals surface area (Å²) < 4.78 is 7.19. The summed E-state index contributed by atoms with van der Waals surface area (Å²) in [7, 11) is 0. The molecule has 0 aliphatic carbocycles. The SMILES string of the molecule is CC(=O)NC1CC2CCC(C1)N2Cc1cc2ccc(Oc3nc4ccccc4s3)cc2[nH]1. The number of para-hydroxylation sites is 1. The Morgan fingerprint density at radius 2 is 2.00 bits per heavy atom. The molecule has 0 radical (unpaired) electrons. The molecule has 7 heteroatoms. The Kier molecular flexibility index (Phi) is 4.88. The number of hydrogen-bond donors (Lipinski definition) is 2. The average molecular weight is 447 g/mol. The fraction of sp³-hybridized carbons (Fsp3) is 0.360. The molecule has 0 saturated carbocycles. The Bertz CT molecular complexity index is 1250. The maximum absolute atomic E-state index is 11.5. The molecular weight excluding hydrogens is 420 g/mol. The number of rotatable bonds is 5. The van der Waals surface area contributed by atoms with Gasteiger partial charge in [-0.2, -0.15) is 0 Å². The normalized spacial score (nSPS) is 23.1. The fourth-order valence-electron chi connectivity index (χ4n) is 5.44. The molecule has 4 aromatic rings. The molecule has 2 bridgehead atoms. The van der Waals surface area contributed by atoms with Gasteiger partial charge in [0.1, 0.15) is 5.75 Å². The first-order valence-electron chi connectivity index (χ1n) is 11.3. The number of nitrogens with zero attached hydrogens (tertiary/aromatic N) is 2. The number of H-pyrrole nitrogens is 1. The topological polar surface area (TPSA) is 70.2 Å². The molecule has 2 unspecified atom stereocenters. The van der Waals surface area contributed by atoms with Crippen LogP contribution in [0.25, 0.3) is 21.1 Å². The van der Waals surface area contributed by atoms with Crippen LogP contribution in [0.3, 0.4) is 0 Å². The van der Waals surface area contributed by atoms with Crippen LogP contribution in [-0.4, -0.2) is 38.9 Å². The molecule has 4 heterocycles. The van der Waals surface area contributed by atoms with Crippen LogP contribution in [0.1, 0.15) is 38.3 Å². The maximum Gasteiger partial charge on any atom is 0.279 e. The second-order valence-electron chi connectivity index (χ2n) is 9.02. The van der Waals surface area contributed by atoms with Crippen molar-refractivity contribution in [3.63, 3.8) is 0 Å². The Morgan fingerprint density at radius 3 is 2.78 bits per heavy atom. The number of aromatic nitrogens is 2. The minimum absolute atomic E-state index is 0.0855. The highest BCUT2D eigenvalue weighted by Gasteiger charge is 2.40. The number of amides is 1. The first-order chi connectivity index (χ1) is 15.6. The van der Waals surface area contributed by atoms with E-state index in [4.69, 9.17) is 4.74 Å². The Hall–Kier alpha value is -2.90. The lowest BCUT2D eigenvalue weighted by Crippen LogP contribution is -2.49. The maximum atomic E-state index is 11.5. The van der Waals surface area contributed by atoms with Gasteiger partial charge in [-0.15, -0.1) is 0 Å². The van der Waals surface area contributed by atoms with Crippen LogP contribution >= 0.6 is 11.3 Å². The zero-order chi connectivity index (χ0) is 21.7. The predicted octanol–water partition coefficient (Wildman–Crippen LogP) is 5.20. The molecule has 2 saturated heterocycles. The summed E-state index contributed by atoms with van der Waals surface area (Å²) in [6.45, 7) is 2.54. The Labute approximate surface area is 190 Å².